The zero-order chi connectivity index (χ0) is 29.2. The topological polar surface area (TPSA) is 134 Å². The van der Waals surface area contributed by atoms with Crippen LogP contribution in [0.2, 0.25) is 0 Å². The fourth-order valence-electron chi connectivity index (χ4n) is 4.21. The van der Waals surface area contributed by atoms with E-state index in [1.54, 1.807) is 63.4 Å². The zero-order valence-electron chi connectivity index (χ0n) is 23.9. The van der Waals surface area contributed by atoms with E-state index >= 15 is 0 Å². The van der Waals surface area contributed by atoms with Crippen molar-refractivity contribution >= 4 is 35.6 Å². The second kappa shape index (κ2) is 15.0. The third-order valence-electron chi connectivity index (χ3n) is 6.32. The normalized spacial score (nSPS) is 14.9. The summed E-state index contributed by atoms with van der Waals surface area (Å²) in [6.45, 7) is 8.95. The lowest BCUT2D eigenvalue weighted by Gasteiger charge is -2.43. The van der Waals surface area contributed by atoms with Crippen LogP contribution in [0.4, 0.5) is 4.79 Å². The summed E-state index contributed by atoms with van der Waals surface area (Å²) in [5, 5.41) is 15.6. The number of amides is 3. The average molecular weight is 566 g/mol. The fourth-order valence-corrected chi connectivity index (χ4v) is 4.68. The number of ether oxygens (including phenoxy) is 2. The van der Waals surface area contributed by atoms with Crippen LogP contribution < -0.4 is 10.6 Å². The molecule has 3 amide bonds. The number of hydrogen-bond acceptors (Lipinski definition) is 8. The summed E-state index contributed by atoms with van der Waals surface area (Å²) in [6, 6.07) is 2.67. The molecular formula is C28H43N3O7S. The second-order valence-electron chi connectivity index (χ2n) is 10.6. The molecule has 1 fully saturated rings. The molecule has 3 N–H and O–H groups in total. The Morgan fingerprint density at radius 2 is 1.90 bits per heavy atom. The maximum Gasteiger partial charge on any atom is 0.408 e. The van der Waals surface area contributed by atoms with Crippen LogP contribution in [0.3, 0.4) is 0 Å². The van der Waals surface area contributed by atoms with Crippen molar-refractivity contribution in [2.24, 2.45) is 0 Å². The minimum Gasteiger partial charge on any atom is -0.508 e. The van der Waals surface area contributed by atoms with Crippen LogP contribution in [-0.2, 0) is 23.9 Å². The van der Waals surface area contributed by atoms with Crippen molar-refractivity contribution in [2.75, 3.05) is 25.2 Å². The van der Waals surface area contributed by atoms with Gasteiger partial charge in [-0.15, -0.1) is 0 Å². The highest BCUT2D eigenvalue weighted by molar-refractivity contribution is 7.98. The first-order valence-corrected chi connectivity index (χ1v) is 14.8. The molecule has 1 saturated carbocycles. The van der Waals surface area contributed by atoms with Gasteiger partial charge in [0.15, 0.2) is 0 Å². The number of rotatable bonds is 13. The first kappa shape index (κ1) is 32.3. The highest BCUT2D eigenvalue weighted by atomic mass is 32.2. The number of thioether (sulfide) groups is 1. The molecule has 0 bridgehead atoms. The summed E-state index contributed by atoms with van der Waals surface area (Å²) in [5.74, 6) is -0.576. The number of carbonyl (C=O) groups is 4. The van der Waals surface area contributed by atoms with Crippen LogP contribution in [0.15, 0.2) is 18.2 Å². The summed E-state index contributed by atoms with van der Waals surface area (Å²) < 4.78 is 10.4. The summed E-state index contributed by atoms with van der Waals surface area (Å²) in [4.78, 5) is 53.9. The smallest absolute Gasteiger partial charge is 0.408 e. The van der Waals surface area contributed by atoms with Gasteiger partial charge in [-0.1, -0.05) is 6.07 Å². The fraction of sp³-hybridized carbons (Fsp3) is 0.643. The lowest BCUT2D eigenvalue weighted by atomic mass is 9.87. The largest absolute Gasteiger partial charge is 0.508 e. The standard InChI is InChI=1S/C28H43N3O7S/c1-7-37-23(33)13-15-29-25(34)24(19-11-12-22(32)18(2)17-19)31(20-9-8-10-20)26(35)21(14-16-39-6)30-27(36)38-28(3,4)5/h11-12,17,20-21,24,32H,7-10,13-16H2,1-6H3,(H,29,34)(H,30,36). The second-order valence-corrected chi connectivity index (χ2v) is 11.6. The van der Waals surface area contributed by atoms with E-state index in [0.29, 0.717) is 23.3 Å². The predicted molar refractivity (Wildman–Crippen MR) is 150 cm³/mol. The molecule has 218 valence electrons. The molecule has 2 rings (SSSR count). The molecule has 1 aromatic rings. The number of aryl methyl sites for hydroxylation is 1. The van der Waals surface area contributed by atoms with E-state index in [4.69, 9.17) is 9.47 Å². The van der Waals surface area contributed by atoms with E-state index in [1.165, 1.54) is 6.07 Å². The Bertz CT molecular complexity index is 1010. The molecule has 0 aliphatic heterocycles. The predicted octanol–water partition coefficient (Wildman–Crippen LogP) is 3.84. The quantitative estimate of drug-likeness (QED) is 0.307. The summed E-state index contributed by atoms with van der Waals surface area (Å²) in [5.41, 5.74) is 0.346. The van der Waals surface area contributed by atoms with Crippen molar-refractivity contribution in [3.8, 4) is 5.75 Å². The molecule has 2 atom stereocenters. The van der Waals surface area contributed by atoms with Crippen LogP contribution in [0.1, 0.15) is 77.0 Å². The molecule has 0 heterocycles. The summed E-state index contributed by atoms with van der Waals surface area (Å²) in [6.07, 6.45) is 3.91. The number of carbonyl (C=O) groups excluding carboxylic acids is 4. The van der Waals surface area contributed by atoms with Crippen molar-refractivity contribution in [3.63, 3.8) is 0 Å². The maximum atomic E-state index is 14.2. The van der Waals surface area contributed by atoms with E-state index < -0.39 is 35.7 Å². The molecule has 10 nitrogen and oxygen atoms in total. The Morgan fingerprint density at radius 3 is 2.44 bits per heavy atom. The number of esters is 1. The van der Waals surface area contributed by atoms with Gasteiger partial charge in [0.2, 0.25) is 11.8 Å². The number of alkyl carbamates (subject to hydrolysis) is 1. The van der Waals surface area contributed by atoms with Gasteiger partial charge in [0, 0.05) is 12.6 Å². The van der Waals surface area contributed by atoms with Crippen LogP contribution >= 0.6 is 11.8 Å². The number of nitrogens with one attached hydrogen (secondary N) is 2. The Balaban J connectivity index is 2.44. The lowest BCUT2D eigenvalue weighted by Crippen LogP contribution is -2.57. The third-order valence-corrected chi connectivity index (χ3v) is 6.96. The van der Waals surface area contributed by atoms with Crippen LogP contribution in [0.5, 0.6) is 5.75 Å². The third kappa shape index (κ3) is 9.94. The molecule has 0 aromatic heterocycles. The van der Waals surface area contributed by atoms with Crippen LogP contribution in [0, 0.1) is 6.92 Å². The van der Waals surface area contributed by atoms with Gasteiger partial charge < -0.3 is 30.1 Å². The monoisotopic (exact) mass is 565 g/mol. The SMILES string of the molecule is CCOC(=O)CCNC(=O)C(c1ccc(O)c(C)c1)N(C(=O)C(CCSC)NC(=O)OC(C)(C)C)C1CCC1. The Morgan fingerprint density at radius 1 is 1.21 bits per heavy atom. The van der Waals surface area contributed by atoms with E-state index in [-0.39, 0.29) is 37.3 Å². The van der Waals surface area contributed by atoms with Gasteiger partial charge in [0.25, 0.3) is 0 Å². The number of phenolic OH excluding ortho intramolecular Hbond substituents is 1. The van der Waals surface area contributed by atoms with E-state index in [2.05, 4.69) is 10.6 Å². The summed E-state index contributed by atoms with van der Waals surface area (Å²) in [7, 11) is 0. The van der Waals surface area contributed by atoms with E-state index in [9.17, 15) is 24.3 Å². The van der Waals surface area contributed by atoms with Crippen LogP contribution in [0.25, 0.3) is 0 Å². The van der Waals surface area contributed by atoms with Gasteiger partial charge >= 0.3 is 12.1 Å². The molecule has 1 aliphatic carbocycles. The molecule has 11 heteroatoms. The minimum absolute atomic E-state index is 0.00513. The minimum atomic E-state index is -1.03. The van der Waals surface area contributed by atoms with Gasteiger partial charge in [0.05, 0.1) is 13.0 Å². The van der Waals surface area contributed by atoms with Gasteiger partial charge in [-0.05, 0) is 95.6 Å². The Labute approximate surface area is 235 Å². The first-order chi connectivity index (χ1) is 18.4. The van der Waals surface area contributed by atoms with Crippen molar-refractivity contribution in [3.05, 3.63) is 29.3 Å². The zero-order valence-corrected chi connectivity index (χ0v) is 24.7. The van der Waals surface area contributed by atoms with Gasteiger partial charge in [-0.2, -0.15) is 11.8 Å². The molecule has 0 radical (unpaired) electrons. The highest BCUT2D eigenvalue weighted by Gasteiger charge is 2.42. The van der Waals surface area contributed by atoms with Crippen molar-refractivity contribution in [1.82, 2.24) is 15.5 Å². The number of benzene rings is 1. The van der Waals surface area contributed by atoms with E-state index in [0.717, 1.165) is 19.3 Å². The number of hydrogen-bond donors (Lipinski definition) is 3. The van der Waals surface area contributed by atoms with Gasteiger partial charge in [-0.25, -0.2) is 4.79 Å². The molecule has 39 heavy (non-hydrogen) atoms. The first-order valence-electron chi connectivity index (χ1n) is 13.4. The average Bonchev–Trinajstić information content (AvgIpc) is 2.81. The van der Waals surface area contributed by atoms with Crippen molar-refractivity contribution < 1.29 is 33.8 Å². The highest BCUT2D eigenvalue weighted by Crippen LogP contribution is 2.35. The number of nitrogens with zero attached hydrogens (tertiary/aromatic N) is 1. The van der Waals surface area contributed by atoms with Crippen LogP contribution in [-0.4, -0.2) is 76.7 Å². The van der Waals surface area contributed by atoms with E-state index in [1.807, 2.05) is 6.26 Å². The summed E-state index contributed by atoms with van der Waals surface area (Å²) >= 11 is 1.55. The molecule has 1 aromatic carbocycles. The molecule has 2 unspecified atom stereocenters. The van der Waals surface area contributed by atoms with Crippen molar-refractivity contribution in [1.29, 1.82) is 0 Å². The Kier molecular flexibility index (Phi) is 12.4. The van der Waals surface area contributed by atoms with Gasteiger partial charge in [0.1, 0.15) is 23.4 Å². The molecular weight excluding hydrogens is 522 g/mol. The Hall–Kier alpha value is -2.95. The lowest BCUT2D eigenvalue weighted by molar-refractivity contribution is -0.148. The maximum absolute atomic E-state index is 14.2. The number of aromatic hydroxyl groups is 1. The molecule has 0 spiro atoms. The molecule has 0 saturated heterocycles. The van der Waals surface area contributed by atoms with Crippen molar-refractivity contribution in [2.45, 2.75) is 90.4 Å². The number of phenols is 1. The molecule has 1 aliphatic rings. The van der Waals surface area contributed by atoms with Gasteiger partial charge in [-0.3, -0.25) is 14.4 Å².